The average Bonchev–Trinajstić information content (AvgIpc) is 3.37. The minimum atomic E-state index is -0.495. The lowest BCUT2D eigenvalue weighted by Crippen LogP contribution is -2.51. The third-order valence-electron chi connectivity index (χ3n) is 5.42. The number of aliphatic hydroxyl groups is 1. The maximum absolute atomic E-state index is 12.2. The number of hydrogen-bond acceptors (Lipinski definition) is 6. The highest BCUT2D eigenvalue weighted by molar-refractivity contribution is 5.85. The molecule has 1 saturated heterocycles. The molecule has 1 atom stereocenters. The van der Waals surface area contributed by atoms with E-state index >= 15 is 0 Å². The number of H-pyrrole nitrogens is 1. The molecule has 4 rings (SSSR count). The van der Waals surface area contributed by atoms with Gasteiger partial charge in [0.2, 0.25) is 0 Å². The van der Waals surface area contributed by atoms with Crippen molar-refractivity contribution in [2.24, 2.45) is 0 Å². The lowest BCUT2D eigenvalue weighted by atomic mass is 10.1. The fourth-order valence-electron chi connectivity index (χ4n) is 3.89. The number of ether oxygens (including phenoxy) is 1. The normalized spacial score (nSPS) is 16.6. The van der Waals surface area contributed by atoms with Crippen LogP contribution in [0.2, 0.25) is 0 Å². The van der Waals surface area contributed by atoms with Crippen molar-refractivity contribution in [3.05, 3.63) is 42.6 Å². The van der Waals surface area contributed by atoms with Gasteiger partial charge in [0, 0.05) is 61.9 Å². The number of nitrogens with one attached hydrogen (secondary N) is 1. The number of β-amino-alcohol motifs (C(OH)–C–C–N with tert-alkyl or cyclic N) is 1. The van der Waals surface area contributed by atoms with Crippen LogP contribution in [0.25, 0.3) is 16.6 Å². The largest absolute Gasteiger partial charge is 0.444 e. The van der Waals surface area contributed by atoms with Gasteiger partial charge in [-0.25, -0.2) is 4.79 Å². The minimum Gasteiger partial charge on any atom is -0.444 e. The third-order valence-corrected chi connectivity index (χ3v) is 5.42. The molecule has 1 fully saturated rings. The van der Waals surface area contributed by atoms with Gasteiger partial charge in [-0.05, 0) is 44.5 Å². The van der Waals surface area contributed by atoms with Crippen molar-refractivity contribution in [3.8, 4) is 5.69 Å². The number of piperazine rings is 1. The van der Waals surface area contributed by atoms with E-state index < -0.39 is 11.7 Å². The van der Waals surface area contributed by atoms with E-state index in [1.807, 2.05) is 43.7 Å². The quantitative estimate of drug-likeness (QED) is 0.649. The molecule has 0 saturated carbocycles. The lowest BCUT2D eigenvalue weighted by Gasteiger charge is -2.36. The number of carbonyl (C=O) groups excluding carboxylic acids is 1. The Morgan fingerprint density at radius 2 is 1.90 bits per heavy atom. The van der Waals surface area contributed by atoms with Crippen LogP contribution in [-0.4, -0.2) is 85.2 Å². The first-order chi connectivity index (χ1) is 14.8. The van der Waals surface area contributed by atoms with Gasteiger partial charge in [0.25, 0.3) is 0 Å². The number of fused-ring (bicyclic) bond motifs is 1. The monoisotopic (exact) mass is 426 g/mol. The first-order valence-corrected chi connectivity index (χ1v) is 10.6. The molecule has 3 heterocycles. The predicted octanol–water partition coefficient (Wildman–Crippen LogP) is 2.20. The summed E-state index contributed by atoms with van der Waals surface area (Å²) in [6.45, 7) is 8.85. The number of benzene rings is 1. The summed E-state index contributed by atoms with van der Waals surface area (Å²) in [4.78, 5) is 19.4. The van der Waals surface area contributed by atoms with E-state index in [-0.39, 0.29) is 6.09 Å². The molecular weight excluding hydrogens is 396 g/mol. The summed E-state index contributed by atoms with van der Waals surface area (Å²) in [5.41, 5.74) is 2.60. The van der Waals surface area contributed by atoms with Crippen LogP contribution in [0, 0.1) is 0 Å². The van der Waals surface area contributed by atoms with E-state index in [9.17, 15) is 9.90 Å². The average molecular weight is 427 g/mol. The number of aromatic amines is 1. The van der Waals surface area contributed by atoms with Gasteiger partial charge in [-0.3, -0.25) is 9.47 Å². The zero-order chi connectivity index (χ0) is 22.0. The molecule has 0 bridgehead atoms. The second-order valence-electron chi connectivity index (χ2n) is 9.04. The molecule has 0 spiro atoms. The summed E-state index contributed by atoms with van der Waals surface area (Å²) >= 11 is 0. The van der Waals surface area contributed by atoms with Crippen molar-refractivity contribution in [2.75, 3.05) is 32.7 Å². The maximum atomic E-state index is 12.2. The SMILES string of the molecule is CC(C)(C)OC(=O)N1CCN(C[C@@H](O)Cc2c[nH]c3ccc(-n4cnnc4)cc23)CC1. The van der Waals surface area contributed by atoms with E-state index in [0.29, 0.717) is 26.1 Å². The topological polar surface area (TPSA) is 99.5 Å². The van der Waals surface area contributed by atoms with Gasteiger partial charge in [0.15, 0.2) is 0 Å². The molecule has 0 radical (unpaired) electrons. The fraction of sp³-hybridized carbons (Fsp3) is 0.500. The summed E-state index contributed by atoms with van der Waals surface area (Å²) in [6, 6.07) is 6.11. The summed E-state index contributed by atoms with van der Waals surface area (Å²) in [5.74, 6) is 0. The number of aromatic nitrogens is 4. The Morgan fingerprint density at radius 3 is 2.58 bits per heavy atom. The van der Waals surface area contributed by atoms with E-state index in [1.54, 1.807) is 17.6 Å². The molecule has 0 unspecified atom stereocenters. The highest BCUT2D eigenvalue weighted by Gasteiger charge is 2.26. The first-order valence-electron chi connectivity index (χ1n) is 10.6. The summed E-state index contributed by atoms with van der Waals surface area (Å²) < 4.78 is 7.30. The Bertz CT molecular complexity index is 1020. The van der Waals surface area contributed by atoms with Crippen LogP contribution in [0.3, 0.4) is 0 Å². The van der Waals surface area contributed by atoms with Gasteiger partial charge in [0.05, 0.1) is 6.10 Å². The maximum Gasteiger partial charge on any atom is 0.410 e. The van der Waals surface area contributed by atoms with Crippen molar-refractivity contribution in [3.63, 3.8) is 0 Å². The summed E-state index contributed by atoms with van der Waals surface area (Å²) in [7, 11) is 0. The van der Waals surface area contributed by atoms with Crippen LogP contribution in [0.4, 0.5) is 4.79 Å². The zero-order valence-electron chi connectivity index (χ0n) is 18.3. The van der Waals surface area contributed by atoms with Gasteiger partial charge in [-0.15, -0.1) is 10.2 Å². The molecule has 1 amide bonds. The Balaban J connectivity index is 1.33. The second-order valence-corrected chi connectivity index (χ2v) is 9.04. The Kier molecular flexibility index (Phi) is 5.97. The number of rotatable bonds is 5. The molecule has 1 aliphatic rings. The Morgan fingerprint density at radius 1 is 1.19 bits per heavy atom. The van der Waals surface area contributed by atoms with Crippen LogP contribution in [-0.2, 0) is 11.2 Å². The molecule has 31 heavy (non-hydrogen) atoms. The van der Waals surface area contributed by atoms with Gasteiger partial charge < -0.3 is 19.7 Å². The summed E-state index contributed by atoms with van der Waals surface area (Å²) in [5, 5.41) is 19.5. The van der Waals surface area contributed by atoms with Crippen LogP contribution in [0.1, 0.15) is 26.3 Å². The van der Waals surface area contributed by atoms with Gasteiger partial charge in [-0.2, -0.15) is 0 Å². The van der Waals surface area contributed by atoms with Crippen molar-refractivity contribution in [1.29, 1.82) is 0 Å². The van der Waals surface area contributed by atoms with Crippen LogP contribution >= 0.6 is 0 Å². The fourth-order valence-corrected chi connectivity index (χ4v) is 3.89. The highest BCUT2D eigenvalue weighted by atomic mass is 16.6. The van der Waals surface area contributed by atoms with Crippen molar-refractivity contribution >= 4 is 17.0 Å². The first kappa shape index (κ1) is 21.3. The molecule has 0 aliphatic carbocycles. The van der Waals surface area contributed by atoms with Crippen molar-refractivity contribution < 1.29 is 14.6 Å². The van der Waals surface area contributed by atoms with Crippen molar-refractivity contribution in [1.82, 2.24) is 29.5 Å². The van der Waals surface area contributed by atoms with Gasteiger partial charge >= 0.3 is 6.09 Å². The van der Waals surface area contributed by atoms with Crippen LogP contribution in [0.5, 0.6) is 0 Å². The Hall–Kier alpha value is -2.91. The molecule has 2 N–H and O–H groups in total. The van der Waals surface area contributed by atoms with E-state index in [2.05, 4.69) is 26.1 Å². The molecule has 166 valence electrons. The Labute approximate surface area is 181 Å². The number of amides is 1. The van der Waals surface area contributed by atoms with Crippen LogP contribution < -0.4 is 0 Å². The number of hydrogen-bond donors (Lipinski definition) is 2. The molecule has 1 aliphatic heterocycles. The van der Waals surface area contributed by atoms with E-state index in [1.165, 1.54) is 0 Å². The molecule has 3 aromatic rings. The predicted molar refractivity (Wildman–Crippen MR) is 117 cm³/mol. The minimum absolute atomic E-state index is 0.268. The molecule has 9 heteroatoms. The number of carbonyl (C=O) groups is 1. The lowest BCUT2D eigenvalue weighted by molar-refractivity contribution is 0.0103. The van der Waals surface area contributed by atoms with Gasteiger partial charge in [-0.1, -0.05) is 0 Å². The highest BCUT2D eigenvalue weighted by Crippen LogP contribution is 2.23. The number of nitrogens with zero attached hydrogens (tertiary/aromatic N) is 5. The zero-order valence-corrected chi connectivity index (χ0v) is 18.3. The van der Waals surface area contributed by atoms with Gasteiger partial charge in [0.1, 0.15) is 18.3 Å². The molecular formula is C22H30N6O3. The van der Waals surface area contributed by atoms with E-state index in [0.717, 1.165) is 35.2 Å². The molecule has 1 aromatic carbocycles. The molecule has 9 nitrogen and oxygen atoms in total. The summed E-state index contributed by atoms with van der Waals surface area (Å²) in [6.07, 6.45) is 5.08. The van der Waals surface area contributed by atoms with Crippen molar-refractivity contribution in [2.45, 2.75) is 38.9 Å². The second kappa shape index (κ2) is 8.68. The standard InChI is InChI=1S/C22H30N6O3/c1-22(2,3)31-21(30)27-8-6-26(7-9-27)13-18(29)10-16-12-23-20-5-4-17(11-19(16)20)28-14-24-25-15-28/h4-5,11-12,14-15,18,23,29H,6-10,13H2,1-3H3/t18-/m0/s1. The van der Waals surface area contributed by atoms with E-state index in [4.69, 9.17) is 4.74 Å². The smallest absolute Gasteiger partial charge is 0.410 e. The number of aliphatic hydroxyl groups excluding tert-OH is 1. The molecule has 2 aromatic heterocycles. The van der Waals surface area contributed by atoms with Crippen LogP contribution in [0.15, 0.2) is 37.1 Å². The third kappa shape index (κ3) is 5.23.